The second kappa shape index (κ2) is 10.6. The first-order valence-electron chi connectivity index (χ1n) is 16.9. The van der Waals surface area contributed by atoms with Gasteiger partial charge in [0.05, 0.1) is 33.5 Å². The van der Waals surface area contributed by atoms with E-state index in [-0.39, 0.29) is 0 Å². The van der Waals surface area contributed by atoms with E-state index in [1.807, 2.05) is 17.4 Å². The van der Waals surface area contributed by atoms with Gasteiger partial charge in [-0.05, 0) is 66.0 Å². The molecule has 3 aromatic heterocycles. The fourth-order valence-electron chi connectivity index (χ4n) is 8.09. The van der Waals surface area contributed by atoms with Gasteiger partial charge in [-0.2, -0.15) is 0 Å². The third-order valence-corrected chi connectivity index (χ3v) is 11.4. The van der Waals surface area contributed by atoms with Crippen LogP contribution >= 0.6 is 11.3 Å². The van der Waals surface area contributed by atoms with Gasteiger partial charge in [0.2, 0.25) is 0 Å². The van der Waals surface area contributed by atoms with Crippen LogP contribution in [0.4, 0.5) is 17.1 Å². The second-order valence-corrected chi connectivity index (χ2v) is 13.9. The smallest absolute Gasteiger partial charge is 0.137 e. The molecule has 0 spiro atoms. The molecule has 3 heterocycles. The van der Waals surface area contributed by atoms with E-state index < -0.39 is 0 Å². The van der Waals surface area contributed by atoms with E-state index in [9.17, 15) is 0 Å². The predicted octanol–water partition coefficient (Wildman–Crippen LogP) is 13.7. The lowest BCUT2D eigenvalue weighted by atomic mass is 10.0. The van der Waals surface area contributed by atoms with Crippen LogP contribution in [0.2, 0.25) is 0 Å². The van der Waals surface area contributed by atoms with Crippen molar-refractivity contribution in [2.24, 2.45) is 0 Å². The van der Waals surface area contributed by atoms with Gasteiger partial charge in [-0.15, -0.1) is 11.3 Å². The van der Waals surface area contributed by atoms with E-state index in [2.05, 4.69) is 173 Å². The third-order valence-electron chi connectivity index (χ3n) is 10.2. The number of para-hydroxylation sites is 3. The molecule has 11 rings (SSSR count). The van der Waals surface area contributed by atoms with Crippen molar-refractivity contribution in [1.29, 1.82) is 0 Å². The summed E-state index contributed by atoms with van der Waals surface area (Å²) in [5.41, 5.74) is 8.59. The van der Waals surface area contributed by atoms with Gasteiger partial charge in [0.1, 0.15) is 11.2 Å². The van der Waals surface area contributed by atoms with Crippen molar-refractivity contribution >= 4 is 103 Å². The number of anilines is 3. The minimum absolute atomic E-state index is 0.875. The van der Waals surface area contributed by atoms with Crippen molar-refractivity contribution in [2.45, 2.75) is 0 Å². The van der Waals surface area contributed by atoms with Crippen molar-refractivity contribution < 1.29 is 4.42 Å². The quantitative estimate of drug-likeness (QED) is 0.188. The Morgan fingerprint density at radius 3 is 1.94 bits per heavy atom. The van der Waals surface area contributed by atoms with Crippen LogP contribution in [0, 0.1) is 0 Å². The van der Waals surface area contributed by atoms with Crippen molar-refractivity contribution in [3.05, 3.63) is 170 Å². The van der Waals surface area contributed by atoms with Gasteiger partial charge in [-0.3, -0.25) is 0 Å². The van der Waals surface area contributed by atoms with Crippen molar-refractivity contribution in [1.82, 2.24) is 4.57 Å². The summed E-state index contributed by atoms with van der Waals surface area (Å²) in [7, 11) is 0. The topological polar surface area (TPSA) is 21.3 Å². The first kappa shape index (κ1) is 27.6. The molecule has 11 aromatic rings. The number of furan rings is 1. The van der Waals surface area contributed by atoms with Crippen molar-refractivity contribution in [2.75, 3.05) is 4.90 Å². The highest BCUT2D eigenvalue weighted by Crippen LogP contribution is 2.51. The van der Waals surface area contributed by atoms with Crippen molar-refractivity contribution in [3.63, 3.8) is 0 Å². The molecule has 0 unspecified atom stereocenters. The molecular weight excluding hydrogens is 629 g/mol. The largest absolute Gasteiger partial charge is 0.456 e. The minimum Gasteiger partial charge on any atom is -0.456 e. The minimum atomic E-state index is 0.875. The summed E-state index contributed by atoms with van der Waals surface area (Å²) in [5, 5.41) is 9.68. The number of nitrogens with zero attached hydrogens (tertiary/aromatic N) is 2. The highest BCUT2D eigenvalue weighted by molar-refractivity contribution is 7.26. The highest BCUT2D eigenvalue weighted by Gasteiger charge is 2.26. The first-order valence-corrected chi connectivity index (χ1v) is 17.8. The standard InChI is InChI=1S/C46H28N2OS/c1-2-14-30(15-3-1)47-35-19-7-4-17-33(35)44-37(47)21-11-22-38(44)48(39-23-12-25-41-45(39)34-18-5-8-24-40(34)49-41)36-20-10-13-29-27-28-32-31-16-6-9-26-42(31)50-46(32)43(29)36/h1-28H. The molecule has 0 aliphatic heterocycles. The molecule has 0 amide bonds. The SMILES string of the molecule is c1ccc(-n2c3ccccc3c3c(N(c4cccc5oc6ccccc6c45)c4cccc5ccc6c7ccccc7sc6c45)cccc32)cc1. The Balaban J connectivity index is 1.33. The van der Waals surface area contributed by atoms with E-state index in [0.29, 0.717) is 0 Å². The Morgan fingerprint density at radius 2 is 1.06 bits per heavy atom. The van der Waals surface area contributed by atoms with Gasteiger partial charge in [-0.25, -0.2) is 0 Å². The van der Waals surface area contributed by atoms with Gasteiger partial charge in [0.25, 0.3) is 0 Å². The van der Waals surface area contributed by atoms with Gasteiger partial charge in [0.15, 0.2) is 0 Å². The summed E-state index contributed by atoms with van der Waals surface area (Å²) in [6, 6.07) is 61.2. The molecule has 0 fully saturated rings. The van der Waals surface area contributed by atoms with Crippen LogP contribution in [0.15, 0.2) is 174 Å². The molecular formula is C46H28N2OS. The summed E-state index contributed by atoms with van der Waals surface area (Å²) in [6.07, 6.45) is 0. The maximum absolute atomic E-state index is 6.50. The zero-order valence-corrected chi connectivity index (χ0v) is 27.7. The van der Waals surface area contributed by atoms with E-state index in [0.717, 1.165) is 50.2 Å². The molecule has 0 saturated heterocycles. The molecule has 0 bridgehead atoms. The Morgan fingerprint density at radius 1 is 0.420 bits per heavy atom. The van der Waals surface area contributed by atoms with Crippen LogP contribution in [0.25, 0.3) is 80.4 Å². The summed E-state index contributed by atoms with van der Waals surface area (Å²) in [6.45, 7) is 0. The normalized spacial score (nSPS) is 12.0. The molecule has 0 atom stereocenters. The predicted molar refractivity (Wildman–Crippen MR) is 213 cm³/mol. The summed E-state index contributed by atoms with van der Waals surface area (Å²) in [4.78, 5) is 2.50. The molecule has 0 radical (unpaired) electrons. The first-order chi connectivity index (χ1) is 24.8. The number of benzene rings is 8. The lowest BCUT2D eigenvalue weighted by Gasteiger charge is -2.28. The van der Waals surface area contributed by atoms with Crippen LogP contribution in [-0.4, -0.2) is 4.57 Å². The lowest BCUT2D eigenvalue weighted by molar-refractivity contribution is 0.669. The molecule has 4 heteroatoms. The van der Waals surface area contributed by atoms with Crippen molar-refractivity contribution in [3.8, 4) is 5.69 Å². The van der Waals surface area contributed by atoms with E-state index >= 15 is 0 Å². The maximum atomic E-state index is 6.50. The Kier molecular flexibility index (Phi) is 5.83. The molecule has 8 aromatic carbocycles. The molecule has 3 nitrogen and oxygen atoms in total. The van der Waals surface area contributed by atoms with Gasteiger partial charge >= 0.3 is 0 Å². The van der Waals surface area contributed by atoms with Crippen LogP contribution in [0.1, 0.15) is 0 Å². The maximum Gasteiger partial charge on any atom is 0.137 e. The van der Waals surface area contributed by atoms with Crippen LogP contribution in [0.3, 0.4) is 0 Å². The molecule has 0 N–H and O–H groups in total. The molecule has 50 heavy (non-hydrogen) atoms. The highest BCUT2D eigenvalue weighted by atomic mass is 32.1. The molecule has 0 saturated carbocycles. The van der Waals surface area contributed by atoms with Crippen LogP contribution in [-0.2, 0) is 0 Å². The lowest BCUT2D eigenvalue weighted by Crippen LogP contribution is -2.11. The van der Waals surface area contributed by atoms with Gasteiger partial charge in [-0.1, -0.05) is 109 Å². The Bertz CT molecular complexity index is 3110. The number of thiophene rings is 1. The Labute approximate surface area is 291 Å². The number of hydrogen-bond donors (Lipinski definition) is 0. The fourth-order valence-corrected chi connectivity index (χ4v) is 9.36. The second-order valence-electron chi connectivity index (χ2n) is 12.9. The third kappa shape index (κ3) is 3.85. The summed E-state index contributed by atoms with van der Waals surface area (Å²) in [5.74, 6) is 0. The van der Waals surface area contributed by atoms with E-state index in [1.165, 1.54) is 47.2 Å². The van der Waals surface area contributed by atoms with Crippen LogP contribution in [0.5, 0.6) is 0 Å². The number of hydrogen-bond acceptors (Lipinski definition) is 3. The van der Waals surface area contributed by atoms with Gasteiger partial charge < -0.3 is 13.9 Å². The number of fused-ring (bicyclic) bond motifs is 11. The zero-order valence-electron chi connectivity index (χ0n) is 26.9. The number of rotatable bonds is 4. The molecule has 0 aliphatic carbocycles. The fraction of sp³-hybridized carbons (Fsp3) is 0. The average molecular weight is 657 g/mol. The molecule has 0 aliphatic rings. The van der Waals surface area contributed by atoms with Crippen LogP contribution < -0.4 is 4.90 Å². The summed E-state index contributed by atoms with van der Waals surface area (Å²) < 4.78 is 11.5. The van der Waals surface area contributed by atoms with E-state index in [1.54, 1.807) is 0 Å². The Hall–Kier alpha value is -6.36. The zero-order chi connectivity index (χ0) is 32.8. The monoisotopic (exact) mass is 656 g/mol. The molecule has 234 valence electrons. The van der Waals surface area contributed by atoms with E-state index in [4.69, 9.17) is 4.42 Å². The average Bonchev–Trinajstić information content (AvgIpc) is 3.85. The van der Waals surface area contributed by atoms with Gasteiger partial charge in [0, 0.05) is 47.4 Å². The number of aromatic nitrogens is 1. The summed E-state index contributed by atoms with van der Waals surface area (Å²) >= 11 is 1.88.